The number of H-pyrrole nitrogens is 1. The topological polar surface area (TPSA) is 75.5 Å². The van der Waals surface area contributed by atoms with Crippen LogP contribution in [-0.2, 0) is 0 Å². The minimum atomic E-state index is -0.702. The smallest absolute Gasteiger partial charge is 0.419 e. The Kier molecular flexibility index (Phi) is 3.01. The molecule has 0 spiro atoms. The van der Waals surface area contributed by atoms with Gasteiger partial charge in [0.25, 0.3) is 0 Å². The summed E-state index contributed by atoms with van der Waals surface area (Å²) < 4.78 is 10.6. The number of oxazole rings is 1. The predicted octanol–water partition coefficient (Wildman–Crippen LogP) is 3.13. The number of hydrogen-bond donors (Lipinski definition) is 2. The van der Waals surface area contributed by atoms with Gasteiger partial charge in [0.05, 0.1) is 0 Å². The first-order chi connectivity index (χ1) is 9.72. The monoisotopic (exact) mass is 269 g/mol. The van der Waals surface area contributed by atoms with Crippen LogP contribution in [-0.4, -0.2) is 10.1 Å². The highest BCUT2D eigenvalue weighted by molar-refractivity contribution is 5.63. The van der Waals surface area contributed by atoms with Gasteiger partial charge in [-0.15, -0.1) is 0 Å². The molecular weight excluding hydrogens is 258 g/mol. The molecule has 0 atom stereocenters. The Labute approximate surface area is 114 Å². The summed E-state index contributed by atoms with van der Waals surface area (Å²) in [6, 6.07) is 16.2. The fourth-order valence-corrected chi connectivity index (χ4v) is 1.84. The Morgan fingerprint density at radius 3 is 2.45 bits per heavy atom. The minimum Gasteiger partial charge on any atom is -0.492 e. The maximum atomic E-state index is 11.0. The molecule has 0 aliphatic carbocycles. The van der Waals surface area contributed by atoms with E-state index in [1.807, 2.05) is 30.3 Å². The fraction of sp³-hybridized carbons (Fsp3) is 0. The standard InChI is InChI=1S/C15H11NO4/c17-14-13(20-15(18)16-14)10-5-4-8-12(9-10)19-11-6-2-1-3-7-11/h1-9,17H,(H,16,18). The second-order valence-corrected chi connectivity index (χ2v) is 4.14. The molecule has 1 aromatic heterocycles. The first kappa shape index (κ1) is 12.1. The zero-order valence-electron chi connectivity index (χ0n) is 10.4. The Hall–Kier alpha value is -2.95. The second-order valence-electron chi connectivity index (χ2n) is 4.14. The first-order valence-corrected chi connectivity index (χ1v) is 5.98. The number of aromatic amines is 1. The molecule has 0 saturated carbocycles. The molecule has 5 heteroatoms. The number of hydrogen-bond acceptors (Lipinski definition) is 4. The van der Waals surface area contributed by atoms with Gasteiger partial charge in [-0.05, 0) is 24.3 Å². The van der Waals surface area contributed by atoms with Gasteiger partial charge in [-0.1, -0.05) is 30.3 Å². The number of para-hydroxylation sites is 1. The van der Waals surface area contributed by atoms with E-state index in [1.54, 1.807) is 24.3 Å². The number of aromatic hydroxyl groups is 1. The number of nitrogens with one attached hydrogen (secondary N) is 1. The average Bonchev–Trinajstić information content (AvgIpc) is 2.79. The molecule has 1 heterocycles. The summed E-state index contributed by atoms with van der Waals surface area (Å²) in [5.41, 5.74) is 0.550. The van der Waals surface area contributed by atoms with Crippen LogP contribution in [0.3, 0.4) is 0 Å². The molecule has 0 aliphatic heterocycles. The van der Waals surface area contributed by atoms with E-state index in [-0.39, 0.29) is 11.6 Å². The van der Waals surface area contributed by atoms with E-state index in [1.165, 1.54) is 0 Å². The summed E-state index contributed by atoms with van der Waals surface area (Å²) in [4.78, 5) is 13.2. The third kappa shape index (κ3) is 2.42. The van der Waals surface area contributed by atoms with Crippen LogP contribution in [0.15, 0.2) is 63.8 Å². The summed E-state index contributed by atoms with van der Waals surface area (Å²) >= 11 is 0. The lowest BCUT2D eigenvalue weighted by Gasteiger charge is -2.06. The number of benzene rings is 2. The highest BCUT2D eigenvalue weighted by atomic mass is 16.5. The molecule has 0 aliphatic rings. The molecule has 20 heavy (non-hydrogen) atoms. The Morgan fingerprint density at radius 2 is 1.75 bits per heavy atom. The van der Waals surface area contributed by atoms with Gasteiger partial charge in [0.1, 0.15) is 11.5 Å². The van der Waals surface area contributed by atoms with Crippen molar-refractivity contribution < 1.29 is 14.3 Å². The Morgan fingerprint density at radius 1 is 1.00 bits per heavy atom. The third-order valence-electron chi connectivity index (χ3n) is 2.71. The highest BCUT2D eigenvalue weighted by Crippen LogP contribution is 2.30. The van der Waals surface area contributed by atoms with Crippen molar-refractivity contribution in [1.82, 2.24) is 4.98 Å². The van der Waals surface area contributed by atoms with Gasteiger partial charge >= 0.3 is 5.76 Å². The van der Waals surface area contributed by atoms with Crippen molar-refractivity contribution in [1.29, 1.82) is 0 Å². The van der Waals surface area contributed by atoms with Crippen LogP contribution in [0.2, 0.25) is 0 Å². The van der Waals surface area contributed by atoms with E-state index >= 15 is 0 Å². The molecule has 0 unspecified atom stereocenters. The first-order valence-electron chi connectivity index (χ1n) is 5.98. The largest absolute Gasteiger partial charge is 0.492 e. The summed E-state index contributed by atoms with van der Waals surface area (Å²) in [5, 5.41) is 9.58. The Bertz CT molecular complexity index is 774. The maximum Gasteiger partial charge on any atom is 0.419 e. The lowest BCUT2D eigenvalue weighted by atomic mass is 10.2. The second kappa shape index (κ2) is 4.97. The summed E-state index contributed by atoms with van der Waals surface area (Å²) in [6.07, 6.45) is 0. The molecule has 0 fully saturated rings. The lowest BCUT2D eigenvalue weighted by Crippen LogP contribution is -1.92. The molecular formula is C15H11NO4. The van der Waals surface area contributed by atoms with Gasteiger partial charge in [0.15, 0.2) is 5.76 Å². The van der Waals surface area contributed by atoms with Gasteiger partial charge in [0, 0.05) is 5.56 Å². The van der Waals surface area contributed by atoms with E-state index in [0.29, 0.717) is 17.1 Å². The van der Waals surface area contributed by atoms with Gasteiger partial charge in [0.2, 0.25) is 5.88 Å². The van der Waals surface area contributed by atoms with Gasteiger partial charge in [-0.25, -0.2) is 4.79 Å². The van der Waals surface area contributed by atoms with Crippen LogP contribution in [0.25, 0.3) is 11.3 Å². The number of ether oxygens (including phenoxy) is 1. The lowest BCUT2D eigenvalue weighted by molar-refractivity contribution is 0.452. The van der Waals surface area contributed by atoms with Crippen molar-refractivity contribution in [2.24, 2.45) is 0 Å². The predicted molar refractivity (Wildman–Crippen MR) is 72.9 cm³/mol. The summed E-state index contributed by atoms with van der Waals surface area (Å²) in [6.45, 7) is 0. The zero-order valence-corrected chi connectivity index (χ0v) is 10.4. The molecule has 0 saturated heterocycles. The van der Waals surface area contributed by atoms with Crippen molar-refractivity contribution in [2.45, 2.75) is 0 Å². The van der Waals surface area contributed by atoms with Crippen molar-refractivity contribution >= 4 is 0 Å². The van der Waals surface area contributed by atoms with Crippen molar-refractivity contribution in [3.63, 3.8) is 0 Å². The minimum absolute atomic E-state index is 0.0912. The molecule has 3 aromatic rings. The molecule has 100 valence electrons. The molecule has 0 bridgehead atoms. The summed E-state index contributed by atoms with van der Waals surface area (Å²) in [7, 11) is 0. The van der Waals surface area contributed by atoms with E-state index < -0.39 is 5.76 Å². The number of aromatic nitrogens is 1. The fourth-order valence-electron chi connectivity index (χ4n) is 1.84. The van der Waals surface area contributed by atoms with Gasteiger partial charge < -0.3 is 14.3 Å². The van der Waals surface area contributed by atoms with Crippen molar-refractivity contribution in [2.75, 3.05) is 0 Å². The van der Waals surface area contributed by atoms with E-state index in [9.17, 15) is 9.90 Å². The Balaban J connectivity index is 1.94. The van der Waals surface area contributed by atoms with E-state index in [4.69, 9.17) is 9.15 Å². The highest BCUT2D eigenvalue weighted by Gasteiger charge is 2.12. The molecule has 3 rings (SSSR count). The van der Waals surface area contributed by atoms with Gasteiger partial charge in [-0.3, -0.25) is 4.98 Å². The van der Waals surface area contributed by atoms with Crippen LogP contribution in [0.5, 0.6) is 17.4 Å². The van der Waals surface area contributed by atoms with Crippen LogP contribution in [0, 0.1) is 0 Å². The van der Waals surface area contributed by atoms with E-state index in [2.05, 4.69) is 4.98 Å². The summed E-state index contributed by atoms with van der Waals surface area (Å²) in [5.74, 6) is 0.369. The molecule has 5 nitrogen and oxygen atoms in total. The average molecular weight is 269 g/mol. The van der Waals surface area contributed by atoms with Crippen LogP contribution < -0.4 is 10.5 Å². The molecule has 2 N–H and O–H groups in total. The maximum absolute atomic E-state index is 11.0. The molecule has 0 radical (unpaired) electrons. The van der Waals surface area contributed by atoms with Crippen LogP contribution >= 0.6 is 0 Å². The van der Waals surface area contributed by atoms with E-state index in [0.717, 1.165) is 0 Å². The van der Waals surface area contributed by atoms with Crippen molar-refractivity contribution in [3.8, 4) is 28.7 Å². The zero-order chi connectivity index (χ0) is 13.9. The molecule has 2 aromatic carbocycles. The normalized spacial score (nSPS) is 10.4. The van der Waals surface area contributed by atoms with Crippen LogP contribution in [0.4, 0.5) is 0 Å². The third-order valence-corrected chi connectivity index (χ3v) is 2.71. The van der Waals surface area contributed by atoms with Crippen molar-refractivity contribution in [3.05, 3.63) is 65.1 Å². The molecule has 0 amide bonds. The SMILES string of the molecule is O=c1[nH]c(O)c(-c2cccc(Oc3ccccc3)c2)o1. The van der Waals surface area contributed by atoms with Gasteiger partial charge in [-0.2, -0.15) is 0 Å². The van der Waals surface area contributed by atoms with Crippen LogP contribution in [0.1, 0.15) is 0 Å². The quantitative estimate of drug-likeness (QED) is 0.766. The number of rotatable bonds is 3.